The van der Waals surface area contributed by atoms with Gasteiger partial charge in [0, 0.05) is 12.8 Å². The number of esters is 1. The van der Waals surface area contributed by atoms with Crippen LogP contribution in [-0.4, -0.2) is 30.3 Å². The van der Waals surface area contributed by atoms with Crippen molar-refractivity contribution in [2.75, 3.05) is 13.2 Å². The van der Waals surface area contributed by atoms with Gasteiger partial charge in [0.2, 0.25) is 0 Å². The first-order valence-electron chi connectivity index (χ1n) is 5.76. The number of aromatic nitrogens is 1. The Bertz CT molecular complexity index is 433. The van der Waals surface area contributed by atoms with Gasteiger partial charge in [-0.3, -0.25) is 0 Å². The lowest BCUT2D eigenvalue weighted by Crippen LogP contribution is -2.26. The molecule has 2 heterocycles. The van der Waals surface area contributed by atoms with Gasteiger partial charge in [0.1, 0.15) is 11.8 Å². The fourth-order valence-electron chi connectivity index (χ4n) is 1.75. The Morgan fingerprint density at radius 2 is 2.33 bits per heavy atom. The zero-order chi connectivity index (χ0) is 13.0. The molecule has 0 aromatic carbocycles. The number of carbonyl (C=O) groups excluding carboxylic acids is 1. The van der Waals surface area contributed by atoms with Crippen LogP contribution in [0.25, 0.3) is 0 Å². The molecule has 0 aliphatic carbocycles. The Morgan fingerprint density at radius 1 is 1.50 bits per heavy atom. The maximum Gasteiger partial charge on any atom is 0.339 e. The van der Waals surface area contributed by atoms with Gasteiger partial charge >= 0.3 is 5.97 Å². The van der Waals surface area contributed by atoms with Crippen LogP contribution in [0.5, 0.6) is 0 Å². The van der Waals surface area contributed by atoms with Crippen LogP contribution in [0.3, 0.4) is 0 Å². The minimum absolute atomic E-state index is 0.0150. The van der Waals surface area contributed by atoms with Gasteiger partial charge in [0.05, 0.1) is 16.7 Å². The molecular formula is C12H13Cl2NO3. The molecule has 4 nitrogen and oxygen atoms in total. The zero-order valence-corrected chi connectivity index (χ0v) is 11.2. The largest absolute Gasteiger partial charge is 0.459 e. The predicted octanol–water partition coefficient (Wildman–Crippen LogP) is 3.11. The maximum atomic E-state index is 11.8. The average molecular weight is 290 g/mol. The van der Waals surface area contributed by atoms with Gasteiger partial charge < -0.3 is 9.47 Å². The number of hydrogen-bond acceptors (Lipinski definition) is 4. The second-order valence-corrected chi connectivity index (χ2v) is 4.87. The first-order valence-corrected chi connectivity index (χ1v) is 6.52. The highest BCUT2D eigenvalue weighted by atomic mass is 35.5. The molecule has 0 amide bonds. The van der Waals surface area contributed by atoms with E-state index in [0.717, 1.165) is 25.9 Å². The van der Waals surface area contributed by atoms with Crippen LogP contribution < -0.4 is 0 Å². The summed E-state index contributed by atoms with van der Waals surface area (Å²) in [7, 11) is 0. The van der Waals surface area contributed by atoms with Crippen LogP contribution in [0.1, 0.15) is 29.6 Å². The van der Waals surface area contributed by atoms with Crippen molar-refractivity contribution in [2.45, 2.75) is 25.4 Å². The summed E-state index contributed by atoms with van der Waals surface area (Å²) < 4.78 is 10.6. The molecular weight excluding hydrogens is 277 g/mol. The van der Waals surface area contributed by atoms with Crippen molar-refractivity contribution in [1.82, 2.24) is 4.98 Å². The highest BCUT2D eigenvalue weighted by Crippen LogP contribution is 2.20. The summed E-state index contributed by atoms with van der Waals surface area (Å²) in [6.07, 6.45) is 4.40. The van der Waals surface area contributed by atoms with Crippen LogP contribution in [-0.2, 0) is 9.47 Å². The van der Waals surface area contributed by atoms with E-state index >= 15 is 0 Å². The maximum absolute atomic E-state index is 11.8. The Kier molecular flexibility index (Phi) is 4.80. The van der Waals surface area contributed by atoms with Crippen molar-refractivity contribution in [3.63, 3.8) is 0 Å². The lowest BCUT2D eigenvalue weighted by Gasteiger charge is -2.22. The quantitative estimate of drug-likeness (QED) is 0.634. The van der Waals surface area contributed by atoms with E-state index in [0.29, 0.717) is 0 Å². The molecule has 1 aliphatic rings. The SMILES string of the molecule is O=C(OCC1CCCCO1)c1cc(Cl)ncc1Cl. The van der Waals surface area contributed by atoms with Crippen molar-refractivity contribution in [3.05, 3.63) is 28.0 Å². The molecule has 0 saturated carbocycles. The predicted molar refractivity (Wildman–Crippen MR) is 68.1 cm³/mol. The molecule has 0 bridgehead atoms. The fourth-order valence-corrected chi connectivity index (χ4v) is 2.09. The van der Waals surface area contributed by atoms with E-state index in [9.17, 15) is 4.79 Å². The van der Waals surface area contributed by atoms with Gasteiger partial charge in [-0.25, -0.2) is 9.78 Å². The molecule has 1 saturated heterocycles. The Morgan fingerprint density at radius 3 is 3.06 bits per heavy atom. The molecule has 2 rings (SSSR count). The van der Waals surface area contributed by atoms with Crippen LogP contribution in [0.15, 0.2) is 12.3 Å². The summed E-state index contributed by atoms with van der Waals surface area (Å²) in [6.45, 7) is 0.971. The fraction of sp³-hybridized carbons (Fsp3) is 0.500. The summed E-state index contributed by atoms with van der Waals surface area (Å²) >= 11 is 11.6. The van der Waals surface area contributed by atoms with Crippen molar-refractivity contribution in [2.24, 2.45) is 0 Å². The lowest BCUT2D eigenvalue weighted by atomic mass is 10.1. The molecule has 0 spiro atoms. The van der Waals surface area contributed by atoms with E-state index in [1.807, 2.05) is 0 Å². The Hall–Kier alpha value is -0.840. The van der Waals surface area contributed by atoms with E-state index in [4.69, 9.17) is 32.7 Å². The summed E-state index contributed by atoms with van der Waals surface area (Å²) in [5.41, 5.74) is 0.229. The molecule has 1 atom stereocenters. The lowest BCUT2D eigenvalue weighted by molar-refractivity contribution is -0.0300. The number of halogens is 2. The normalized spacial score (nSPS) is 19.6. The minimum Gasteiger partial charge on any atom is -0.459 e. The number of carbonyl (C=O) groups is 1. The standard InChI is InChI=1S/C12H13Cl2NO3/c13-10-6-15-11(14)5-9(10)12(16)18-7-8-3-1-2-4-17-8/h5-6,8H,1-4,7H2. The summed E-state index contributed by atoms with van der Waals surface area (Å²) in [6, 6.07) is 1.40. The van der Waals surface area contributed by atoms with E-state index in [2.05, 4.69) is 4.98 Å². The van der Waals surface area contributed by atoms with Gasteiger partial charge in [-0.15, -0.1) is 0 Å². The molecule has 1 unspecified atom stereocenters. The van der Waals surface area contributed by atoms with Gasteiger partial charge in [-0.1, -0.05) is 23.2 Å². The van der Waals surface area contributed by atoms with Crippen molar-refractivity contribution < 1.29 is 14.3 Å². The van der Waals surface area contributed by atoms with E-state index in [1.54, 1.807) is 0 Å². The summed E-state index contributed by atoms with van der Waals surface area (Å²) in [5.74, 6) is -0.501. The molecule has 1 aromatic heterocycles. The average Bonchev–Trinajstić information content (AvgIpc) is 2.40. The number of hydrogen-bond donors (Lipinski definition) is 0. The van der Waals surface area contributed by atoms with E-state index in [1.165, 1.54) is 12.3 Å². The van der Waals surface area contributed by atoms with Crippen molar-refractivity contribution >= 4 is 29.2 Å². The summed E-state index contributed by atoms with van der Waals surface area (Å²) in [5, 5.41) is 0.439. The van der Waals surface area contributed by atoms with Gasteiger partial charge in [-0.05, 0) is 25.3 Å². The molecule has 1 aliphatic heterocycles. The second kappa shape index (κ2) is 6.36. The highest BCUT2D eigenvalue weighted by Gasteiger charge is 2.18. The smallest absolute Gasteiger partial charge is 0.339 e. The van der Waals surface area contributed by atoms with Gasteiger partial charge in [0.25, 0.3) is 0 Å². The van der Waals surface area contributed by atoms with Gasteiger partial charge in [-0.2, -0.15) is 0 Å². The topological polar surface area (TPSA) is 48.4 Å². The van der Waals surface area contributed by atoms with E-state index in [-0.39, 0.29) is 28.5 Å². The van der Waals surface area contributed by atoms with Crippen LogP contribution in [0.2, 0.25) is 10.2 Å². The second-order valence-electron chi connectivity index (χ2n) is 4.07. The van der Waals surface area contributed by atoms with Gasteiger partial charge in [0.15, 0.2) is 0 Å². The molecule has 18 heavy (non-hydrogen) atoms. The molecule has 1 aromatic rings. The first kappa shape index (κ1) is 13.6. The molecule has 0 radical (unpaired) electrons. The molecule has 98 valence electrons. The van der Waals surface area contributed by atoms with Crippen LogP contribution in [0, 0.1) is 0 Å². The van der Waals surface area contributed by atoms with Crippen molar-refractivity contribution in [1.29, 1.82) is 0 Å². The third-order valence-corrected chi connectivity index (χ3v) is 3.22. The van der Waals surface area contributed by atoms with Crippen LogP contribution >= 0.6 is 23.2 Å². The van der Waals surface area contributed by atoms with Crippen LogP contribution in [0.4, 0.5) is 0 Å². The third-order valence-electron chi connectivity index (χ3n) is 2.72. The van der Waals surface area contributed by atoms with Crippen molar-refractivity contribution in [3.8, 4) is 0 Å². The molecule has 6 heteroatoms. The molecule has 0 N–H and O–H groups in total. The Labute approximate surface area is 115 Å². The third kappa shape index (κ3) is 3.57. The molecule has 1 fully saturated rings. The Balaban J connectivity index is 1.92. The highest BCUT2D eigenvalue weighted by molar-refractivity contribution is 6.34. The summed E-state index contributed by atoms with van der Waals surface area (Å²) in [4.78, 5) is 15.6. The first-order chi connectivity index (χ1) is 8.66. The minimum atomic E-state index is -0.501. The zero-order valence-electron chi connectivity index (χ0n) is 9.70. The number of pyridine rings is 1. The monoisotopic (exact) mass is 289 g/mol. The number of rotatable bonds is 3. The number of ether oxygens (including phenoxy) is 2. The number of nitrogens with zero attached hydrogens (tertiary/aromatic N) is 1. The van der Waals surface area contributed by atoms with E-state index < -0.39 is 5.97 Å².